The second kappa shape index (κ2) is 8.00. The first-order valence-electron chi connectivity index (χ1n) is 6.35. The fourth-order valence-electron chi connectivity index (χ4n) is 1.72. The Morgan fingerprint density at radius 3 is 2.72 bits per heavy atom. The average Bonchev–Trinajstić information content (AvgIpc) is 2.29. The number of nitrogens with one attached hydrogen (secondary N) is 1. The lowest BCUT2D eigenvalue weighted by molar-refractivity contribution is 0.166. The van der Waals surface area contributed by atoms with Gasteiger partial charge in [-0.25, -0.2) is 4.98 Å². The Morgan fingerprint density at radius 1 is 1.33 bits per heavy atom. The molecule has 1 aromatic rings. The number of likely N-dealkylation sites (N-methyl/N-ethyl adjacent to an activating group) is 1. The van der Waals surface area contributed by atoms with E-state index >= 15 is 0 Å². The number of hydrogen-bond donors (Lipinski definition) is 1. The average molecular weight is 253 g/mol. The zero-order valence-electron chi connectivity index (χ0n) is 11.6. The summed E-state index contributed by atoms with van der Waals surface area (Å²) in [6.45, 7) is 7.59. The smallest absolute Gasteiger partial charge is 0.232 e. The van der Waals surface area contributed by atoms with Crippen LogP contribution in [0, 0.1) is 0 Å². The van der Waals surface area contributed by atoms with Crippen molar-refractivity contribution < 1.29 is 9.47 Å². The van der Waals surface area contributed by atoms with Gasteiger partial charge in [0, 0.05) is 25.8 Å². The maximum atomic E-state index is 5.53. The topological polar surface area (TPSA) is 56.3 Å². The molecule has 0 aliphatic heterocycles. The highest BCUT2D eigenvalue weighted by molar-refractivity contribution is 5.09. The van der Waals surface area contributed by atoms with Crippen molar-refractivity contribution in [1.29, 1.82) is 0 Å². The predicted molar refractivity (Wildman–Crippen MR) is 70.8 cm³/mol. The van der Waals surface area contributed by atoms with E-state index in [9.17, 15) is 0 Å². The van der Waals surface area contributed by atoms with Gasteiger partial charge in [0.2, 0.25) is 5.88 Å². The van der Waals surface area contributed by atoms with Crippen molar-refractivity contribution in [3.63, 3.8) is 0 Å². The molecular formula is C13H23N3O2. The lowest BCUT2D eigenvalue weighted by Crippen LogP contribution is -2.35. The van der Waals surface area contributed by atoms with Gasteiger partial charge < -0.3 is 14.8 Å². The summed E-state index contributed by atoms with van der Waals surface area (Å²) in [6.07, 6.45) is 4.30. The van der Waals surface area contributed by atoms with Crippen molar-refractivity contribution in [2.45, 2.75) is 39.3 Å². The third-order valence-electron chi connectivity index (χ3n) is 2.33. The standard InChI is InChI=1S/C13H23N3O2/c1-5-15-12(9-17-4)6-11-7-14-8-13(16-11)18-10(2)3/h7-8,10,12,15H,5-6,9H2,1-4H3. The largest absolute Gasteiger partial charge is 0.474 e. The Morgan fingerprint density at radius 2 is 2.11 bits per heavy atom. The first kappa shape index (κ1) is 14.9. The zero-order valence-corrected chi connectivity index (χ0v) is 11.6. The van der Waals surface area contributed by atoms with Crippen LogP contribution < -0.4 is 10.1 Å². The summed E-state index contributed by atoms with van der Waals surface area (Å²) in [5.41, 5.74) is 0.913. The molecule has 1 rings (SSSR count). The molecule has 0 aromatic carbocycles. The van der Waals surface area contributed by atoms with Crippen molar-refractivity contribution in [2.75, 3.05) is 20.3 Å². The van der Waals surface area contributed by atoms with Crippen LogP contribution in [-0.2, 0) is 11.2 Å². The molecule has 1 atom stereocenters. The molecule has 1 aromatic heterocycles. The van der Waals surface area contributed by atoms with Crippen molar-refractivity contribution in [3.8, 4) is 5.88 Å². The maximum Gasteiger partial charge on any atom is 0.232 e. The molecule has 0 fully saturated rings. The molecule has 0 radical (unpaired) electrons. The summed E-state index contributed by atoms with van der Waals surface area (Å²) in [5, 5.41) is 3.36. The van der Waals surface area contributed by atoms with Crippen LogP contribution in [0.1, 0.15) is 26.5 Å². The Balaban J connectivity index is 2.64. The summed E-state index contributed by atoms with van der Waals surface area (Å²) in [4.78, 5) is 8.59. The molecule has 1 unspecified atom stereocenters. The molecule has 5 heteroatoms. The van der Waals surface area contributed by atoms with Gasteiger partial charge in [-0.1, -0.05) is 6.92 Å². The third-order valence-corrected chi connectivity index (χ3v) is 2.33. The van der Waals surface area contributed by atoms with Gasteiger partial charge in [0.25, 0.3) is 0 Å². The molecule has 0 saturated carbocycles. The van der Waals surface area contributed by atoms with Crippen LogP contribution in [0.5, 0.6) is 5.88 Å². The number of ether oxygens (including phenoxy) is 2. The number of nitrogens with zero attached hydrogens (tertiary/aromatic N) is 2. The van der Waals surface area contributed by atoms with E-state index < -0.39 is 0 Å². The second-order valence-corrected chi connectivity index (χ2v) is 4.43. The molecule has 5 nitrogen and oxygen atoms in total. The van der Waals surface area contributed by atoms with Crippen LogP contribution in [0.15, 0.2) is 12.4 Å². The van der Waals surface area contributed by atoms with Crippen LogP contribution in [-0.4, -0.2) is 42.4 Å². The number of aromatic nitrogens is 2. The van der Waals surface area contributed by atoms with Crippen LogP contribution in [0.25, 0.3) is 0 Å². The molecule has 0 amide bonds. The lowest BCUT2D eigenvalue weighted by atomic mass is 10.1. The molecule has 0 aliphatic rings. The normalized spacial score (nSPS) is 12.7. The van der Waals surface area contributed by atoms with Crippen molar-refractivity contribution >= 4 is 0 Å². The van der Waals surface area contributed by atoms with E-state index in [0.29, 0.717) is 12.5 Å². The van der Waals surface area contributed by atoms with Crippen molar-refractivity contribution in [1.82, 2.24) is 15.3 Å². The van der Waals surface area contributed by atoms with Gasteiger partial charge in [0.05, 0.1) is 24.6 Å². The molecule has 1 heterocycles. The van der Waals surface area contributed by atoms with E-state index in [4.69, 9.17) is 9.47 Å². The highest BCUT2D eigenvalue weighted by Gasteiger charge is 2.10. The quantitative estimate of drug-likeness (QED) is 0.759. The summed E-state index contributed by atoms with van der Waals surface area (Å²) in [6, 6.07) is 0.253. The third kappa shape index (κ3) is 5.42. The SMILES string of the molecule is CCNC(COC)Cc1cncc(OC(C)C)n1. The van der Waals surface area contributed by atoms with Gasteiger partial charge in [0.1, 0.15) is 0 Å². The Kier molecular flexibility index (Phi) is 6.60. The number of rotatable bonds is 8. The van der Waals surface area contributed by atoms with Gasteiger partial charge in [-0.3, -0.25) is 4.98 Å². The molecular weight excluding hydrogens is 230 g/mol. The minimum Gasteiger partial charge on any atom is -0.474 e. The number of methoxy groups -OCH3 is 1. The Bertz CT molecular complexity index is 339. The monoisotopic (exact) mass is 253 g/mol. The van der Waals surface area contributed by atoms with Gasteiger partial charge in [0.15, 0.2) is 0 Å². The fraction of sp³-hybridized carbons (Fsp3) is 0.692. The molecule has 18 heavy (non-hydrogen) atoms. The van der Waals surface area contributed by atoms with E-state index in [2.05, 4.69) is 22.2 Å². The van der Waals surface area contributed by atoms with Crippen LogP contribution >= 0.6 is 0 Å². The minimum atomic E-state index is 0.109. The van der Waals surface area contributed by atoms with E-state index in [1.807, 2.05) is 13.8 Å². The van der Waals surface area contributed by atoms with Crippen molar-refractivity contribution in [3.05, 3.63) is 18.1 Å². The minimum absolute atomic E-state index is 0.109. The van der Waals surface area contributed by atoms with E-state index in [0.717, 1.165) is 18.7 Å². The molecule has 0 saturated heterocycles. The van der Waals surface area contributed by atoms with Crippen LogP contribution in [0.2, 0.25) is 0 Å². The molecule has 1 N–H and O–H groups in total. The molecule has 0 spiro atoms. The van der Waals surface area contributed by atoms with Gasteiger partial charge >= 0.3 is 0 Å². The summed E-state index contributed by atoms with van der Waals surface area (Å²) in [5.74, 6) is 0.579. The van der Waals surface area contributed by atoms with Gasteiger partial charge in [-0.05, 0) is 20.4 Å². The fourth-order valence-corrected chi connectivity index (χ4v) is 1.72. The zero-order chi connectivity index (χ0) is 13.4. The first-order valence-corrected chi connectivity index (χ1v) is 6.35. The molecule has 0 bridgehead atoms. The lowest BCUT2D eigenvalue weighted by Gasteiger charge is -2.16. The van der Waals surface area contributed by atoms with E-state index in [1.165, 1.54) is 0 Å². The van der Waals surface area contributed by atoms with Crippen LogP contribution in [0.4, 0.5) is 0 Å². The highest BCUT2D eigenvalue weighted by Crippen LogP contribution is 2.09. The maximum absolute atomic E-state index is 5.53. The number of hydrogen-bond acceptors (Lipinski definition) is 5. The van der Waals surface area contributed by atoms with Gasteiger partial charge in [-0.2, -0.15) is 0 Å². The second-order valence-electron chi connectivity index (χ2n) is 4.43. The van der Waals surface area contributed by atoms with Gasteiger partial charge in [-0.15, -0.1) is 0 Å². The summed E-state index contributed by atoms with van der Waals surface area (Å²) >= 11 is 0. The highest BCUT2D eigenvalue weighted by atomic mass is 16.5. The molecule has 102 valence electrons. The molecule has 0 aliphatic carbocycles. The Labute approximate surface area is 109 Å². The van der Waals surface area contributed by atoms with E-state index in [1.54, 1.807) is 19.5 Å². The predicted octanol–water partition coefficient (Wildman–Crippen LogP) is 1.43. The van der Waals surface area contributed by atoms with E-state index in [-0.39, 0.29) is 12.1 Å². The first-order chi connectivity index (χ1) is 8.65. The summed E-state index contributed by atoms with van der Waals surface area (Å²) < 4.78 is 10.7. The van der Waals surface area contributed by atoms with Crippen LogP contribution in [0.3, 0.4) is 0 Å². The summed E-state index contributed by atoms with van der Waals surface area (Å²) in [7, 11) is 1.70. The van der Waals surface area contributed by atoms with Crippen molar-refractivity contribution in [2.24, 2.45) is 0 Å². The Hall–Kier alpha value is -1.20.